The topological polar surface area (TPSA) is 61.2 Å². The third-order valence-corrected chi connectivity index (χ3v) is 7.04. The quantitative estimate of drug-likeness (QED) is 0.354. The van der Waals surface area contributed by atoms with Crippen molar-refractivity contribution in [1.82, 2.24) is 9.55 Å². The molecule has 0 amide bonds. The lowest BCUT2D eigenvalue weighted by molar-refractivity contribution is -0.139. The van der Waals surface area contributed by atoms with Gasteiger partial charge in [0.2, 0.25) is 0 Å². The lowest BCUT2D eigenvalue weighted by Crippen LogP contribution is -2.23. The molecule has 7 heteroatoms. The molecule has 146 valence electrons. The van der Waals surface area contributed by atoms with E-state index in [0.29, 0.717) is 11.8 Å². The fraction of sp³-hybridized carbons (Fsp3) is 0.381. The van der Waals surface area contributed by atoms with E-state index in [-0.39, 0.29) is 17.3 Å². The van der Waals surface area contributed by atoms with Crippen molar-refractivity contribution in [2.24, 2.45) is 0 Å². The Hall–Kier alpha value is -2.12. The number of thioether (sulfide) groups is 1. The van der Waals surface area contributed by atoms with Gasteiger partial charge in [-0.15, -0.1) is 11.3 Å². The first-order valence-electron chi connectivity index (χ1n) is 9.52. The number of hydrogen-bond donors (Lipinski definition) is 0. The van der Waals surface area contributed by atoms with Gasteiger partial charge in [0.05, 0.1) is 23.4 Å². The zero-order valence-electron chi connectivity index (χ0n) is 16.0. The van der Waals surface area contributed by atoms with Crippen molar-refractivity contribution in [2.45, 2.75) is 44.7 Å². The molecule has 0 radical (unpaired) electrons. The van der Waals surface area contributed by atoms with E-state index in [1.54, 1.807) is 22.8 Å². The van der Waals surface area contributed by atoms with Gasteiger partial charge in [0, 0.05) is 4.88 Å². The van der Waals surface area contributed by atoms with Crippen molar-refractivity contribution in [3.63, 3.8) is 0 Å². The number of rotatable bonds is 5. The summed E-state index contributed by atoms with van der Waals surface area (Å²) in [6, 6.07) is 7.78. The summed E-state index contributed by atoms with van der Waals surface area (Å²) in [5.74, 6) is -0.174. The fourth-order valence-electron chi connectivity index (χ4n) is 3.64. The van der Waals surface area contributed by atoms with Crippen LogP contribution in [0.4, 0.5) is 0 Å². The van der Waals surface area contributed by atoms with E-state index >= 15 is 0 Å². The lowest BCUT2D eigenvalue weighted by atomic mass is 9.97. The van der Waals surface area contributed by atoms with Crippen LogP contribution in [0.15, 0.2) is 34.2 Å². The van der Waals surface area contributed by atoms with E-state index in [2.05, 4.69) is 0 Å². The molecule has 5 nitrogen and oxygen atoms in total. The molecule has 0 saturated heterocycles. The highest BCUT2D eigenvalue weighted by Crippen LogP contribution is 2.35. The van der Waals surface area contributed by atoms with Crippen LogP contribution in [0.3, 0.4) is 0 Å². The van der Waals surface area contributed by atoms with Crippen molar-refractivity contribution >= 4 is 39.3 Å². The third kappa shape index (κ3) is 3.49. The molecule has 3 aromatic rings. The number of thiophene rings is 1. The zero-order chi connectivity index (χ0) is 19.7. The summed E-state index contributed by atoms with van der Waals surface area (Å²) in [4.78, 5) is 32.4. The number of carbonyl (C=O) groups excluding carboxylic acids is 1. The van der Waals surface area contributed by atoms with Crippen molar-refractivity contribution in [1.29, 1.82) is 0 Å². The Morgan fingerprint density at radius 2 is 2.07 bits per heavy atom. The smallest absolute Gasteiger partial charge is 0.316 e. The number of aromatic nitrogens is 2. The maximum absolute atomic E-state index is 13.6. The first-order chi connectivity index (χ1) is 13.6. The summed E-state index contributed by atoms with van der Waals surface area (Å²) >= 11 is 2.88. The van der Waals surface area contributed by atoms with Crippen LogP contribution in [0.5, 0.6) is 0 Å². The molecule has 28 heavy (non-hydrogen) atoms. The predicted molar refractivity (Wildman–Crippen MR) is 114 cm³/mol. The number of para-hydroxylation sites is 1. The van der Waals surface area contributed by atoms with E-state index in [1.807, 2.05) is 31.2 Å². The van der Waals surface area contributed by atoms with Crippen LogP contribution in [-0.4, -0.2) is 27.9 Å². The van der Waals surface area contributed by atoms with Gasteiger partial charge >= 0.3 is 5.97 Å². The molecule has 0 N–H and O–H groups in total. The predicted octanol–water partition coefficient (Wildman–Crippen LogP) is 4.29. The Labute approximate surface area is 171 Å². The molecule has 1 aliphatic rings. The Morgan fingerprint density at radius 1 is 1.29 bits per heavy atom. The minimum absolute atomic E-state index is 0.0370. The molecule has 2 aromatic heterocycles. The minimum atomic E-state index is -0.302. The van der Waals surface area contributed by atoms with Gasteiger partial charge in [0.1, 0.15) is 4.83 Å². The van der Waals surface area contributed by atoms with Gasteiger partial charge in [0.15, 0.2) is 5.16 Å². The molecule has 0 atom stereocenters. The normalized spacial score (nSPS) is 13.5. The summed E-state index contributed by atoms with van der Waals surface area (Å²) < 4.78 is 6.71. The summed E-state index contributed by atoms with van der Waals surface area (Å²) in [6.45, 7) is 4.11. The van der Waals surface area contributed by atoms with Crippen LogP contribution >= 0.6 is 23.1 Å². The maximum atomic E-state index is 13.6. The molecule has 4 rings (SSSR count). The SMILES string of the molecule is CCOC(=O)CSc1nc2sc3c(c2c(=O)n1-c1ccccc1C)CCCC3. The fourth-order valence-corrected chi connectivity index (χ4v) is 5.74. The third-order valence-electron chi connectivity index (χ3n) is 4.94. The molecular formula is C21H22N2O3S2. The number of aryl methyl sites for hydroxylation is 3. The van der Waals surface area contributed by atoms with Crippen LogP contribution in [-0.2, 0) is 22.4 Å². The number of nitrogens with zero attached hydrogens (tertiary/aromatic N) is 2. The van der Waals surface area contributed by atoms with Gasteiger partial charge in [-0.25, -0.2) is 4.98 Å². The molecule has 0 fully saturated rings. The molecule has 0 unspecified atom stereocenters. The number of esters is 1. The van der Waals surface area contributed by atoms with Gasteiger partial charge in [-0.1, -0.05) is 30.0 Å². The lowest BCUT2D eigenvalue weighted by Gasteiger charge is -2.15. The second-order valence-electron chi connectivity index (χ2n) is 6.81. The zero-order valence-corrected chi connectivity index (χ0v) is 17.6. The van der Waals surface area contributed by atoms with Crippen molar-refractivity contribution in [3.8, 4) is 5.69 Å². The summed E-state index contributed by atoms with van der Waals surface area (Å²) in [5.41, 5.74) is 2.94. The first kappa shape index (κ1) is 19.2. The second kappa shape index (κ2) is 8.09. The van der Waals surface area contributed by atoms with E-state index in [1.165, 1.54) is 22.2 Å². The summed E-state index contributed by atoms with van der Waals surface area (Å²) in [5, 5.41) is 1.29. The highest BCUT2D eigenvalue weighted by Gasteiger charge is 2.23. The van der Waals surface area contributed by atoms with Crippen molar-refractivity contribution in [3.05, 3.63) is 50.6 Å². The Morgan fingerprint density at radius 3 is 2.86 bits per heavy atom. The number of benzene rings is 1. The summed E-state index contributed by atoms with van der Waals surface area (Å²) in [7, 11) is 0. The average Bonchev–Trinajstić information content (AvgIpc) is 3.06. The number of carbonyl (C=O) groups is 1. The van der Waals surface area contributed by atoms with Crippen LogP contribution in [0.25, 0.3) is 15.9 Å². The highest BCUT2D eigenvalue weighted by atomic mass is 32.2. The van der Waals surface area contributed by atoms with Gasteiger partial charge in [-0.3, -0.25) is 14.2 Å². The number of ether oxygens (including phenoxy) is 1. The first-order valence-corrected chi connectivity index (χ1v) is 11.3. The minimum Gasteiger partial charge on any atom is -0.465 e. The molecule has 1 aliphatic carbocycles. The van der Waals surface area contributed by atoms with E-state index in [4.69, 9.17) is 9.72 Å². The van der Waals surface area contributed by atoms with E-state index in [0.717, 1.165) is 47.2 Å². The Bertz CT molecular complexity index is 1100. The van der Waals surface area contributed by atoms with Gasteiger partial charge in [-0.2, -0.15) is 0 Å². The standard InChI is InChI=1S/C21H22N2O3S2/c1-3-26-17(24)12-27-21-22-19-18(14-9-5-7-11-16(14)28-19)20(25)23(21)15-10-6-4-8-13(15)2/h4,6,8,10H,3,5,7,9,11-12H2,1-2H3. The average molecular weight is 415 g/mol. The largest absolute Gasteiger partial charge is 0.465 e. The van der Waals surface area contributed by atoms with Crippen LogP contribution < -0.4 is 5.56 Å². The van der Waals surface area contributed by atoms with E-state index < -0.39 is 0 Å². The molecule has 1 aromatic carbocycles. The number of fused-ring (bicyclic) bond motifs is 3. The molecule has 0 aliphatic heterocycles. The Kier molecular flexibility index (Phi) is 5.55. The molecule has 0 spiro atoms. The van der Waals surface area contributed by atoms with Gasteiger partial charge in [0.25, 0.3) is 5.56 Å². The molecular weight excluding hydrogens is 392 g/mol. The molecule has 0 bridgehead atoms. The van der Waals surface area contributed by atoms with Crippen molar-refractivity contribution in [2.75, 3.05) is 12.4 Å². The van der Waals surface area contributed by atoms with Crippen molar-refractivity contribution < 1.29 is 9.53 Å². The molecule has 2 heterocycles. The van der Waals surface area contributed by atoms with Crippen LogP contribution in [0, 0.1) is 6.92 Å². The summed E-state index contributed by atoms with van der Waals surface area (Å²) in [6.07, 6.45) is 4.24. The highest BCUT2D eigenvalue weighted by molar-refractivity contribution is 7.99. The molecule has 0 saturated carbocycles. The van der Waals surface area contributed by atoms with Gasteiger partial charge in [-0.05, 0) is 56.7 Å². The van der Waals surface area contributed by atoms with Crippen LogP contribution in [0.1, 0.15) is 35.8 Å². The second-order valence-corrected chi connectivity index (χ2v) is 8.83. The Balaban J connectivity index is 1.91. The number of hydrogen-bond acceptors (Lipinski definition) is 6. The van der Waals surface area contributed by atoms with E-state index in [9.17, 15) is 9.59 Å². The van der Waals surface area contributed by atoms with Crippen LogP contribution in [0.2, 0.25) is 0 Å². The van der Waals surface area contributed by atoms with Gasteiger partial charge < -0.3 is 4.74 Å². The maximum Gasteiger partial charge on any atom is 0.316 e. The monoisotopic (exact) mass is 414 g/mol.